The Labute approximate surface area is 96.8 Å². The van der Waals surface area contributed by atoms with E-state index in [1.807, 2.05) is 23.9 Å². The number of hydrogen-bond donors (Lipinski definition) is 1. The summed E-state index contributed by atoms with van der Waals surface area (Å²) in [4.78, 5) is 2.21. The van der Waals surface area contributed by atoms with E-state index in [1.165, 1.54) is 11.3 Å². The lowest BCUT2D eigenvalue weighted by Gasteiger charge is -2.14. The first kappa shape index (κ1) is 12.4. The van der Waals surface area contributed by atoms with Crippen LogP contribution in [0.2, 0.25) is 0 Å². The molecule has 15 heavy (non-hydrogen) atoms. The molecule has 1 atom stereocenters. The summed E-state index contributed by atoms with van der Waals surface area (Å²) < 4.78 is 0. The lowest BCUT2D eigenvalue weighted by molar-refractivity contribution is 0.437. The van der Waals surface area contributed by atoms with Crippen LogP contribution < -0.4 is 5.73 Å². The summed E-state index contributed by atoms with van der Waals surface area (Å²) in [7, 11) is 4.21. The van der Waals surface area contributed by atoms with Crippen LogP contribution in [0, 0.1) is 0 Å². The van der Waals surface area contributed by atoms with Crippen molar-refractivity contribution in [1.29, 1.82) is 0 Å². The van der Waals surface area contributed by atoms with Crippen LogP contribution in [0.5, 0.6) is 0 Å². The third-order valence-corrected chi connectivity index (χ3v) is 3.50. The van der Waals surface area contributed by atoms with Crippen LogP contribution in [-0.4, -0.2) is 31.3 Å². The molecule has 0 aromatic heterocycles. The number of hydrogen-bond acceptors (Lipinski definition) is 3. The number of rotatable bonds is 5. The number of nitrogens with zero attached hydrogens (tertiary/aromatic N) is 1. The van der Waals surface area contributed by atoms with Gasteiger partial charge >= 0.3 is 0 Å². The molecule has 0 aliphatic rings. The number of nitrogen functional groups attached to an aromatic ring is 1. The van der Waals surface area contributed by atoms with Gasteiger partial charge in [0.05, 0.1) is 0 Å². The minimum Gasteiger partial charge on any atom is -0.399 e. The maximum atomic E-state index is 5.65. The summed E-state index contributed by atoms with van der Waals surface area (Å²) in [6.07, 6.45) is 0. The molecule has 1 rings (SSSR count). The summed E-state index contributed by atoms with van der Waals surface area (Å²) in [5, 5.41) is 0.547. The van der Waals surface area contributed by atoms with Gasteiger partial charge in [-0.25, -0.2) is 0 Å². The molecule has 0 saturated heterocycles. The summed E-state index contributed by atoms with van der Waals surface area (Å²) in [6, 6.07) is 8.17. The van der Waals surface area contributed by atoms with E-state index in [2.05, 4.69) is 38.1 Å². The van der Waals surface area contributed by atoms with Gasteiger partial charge in [0, 0.05) is 23.2 Å². The molecule has 0 saturated carbocycles. The first-order valence-electron chi connectivity index (χ1n) is 5.21. The molecule has 2 N–H and O–H groups in total. The smallest absolute Gasteiger partial charge is 0.0314 e. The summed E-state index contributed by atoms with van der Waals surface area (Å²) in [5.41, 5.74) is 7.85. The van der Waals surface area contributed by atoms with Crippen LogP contribution in [-0.2, 0) is 0 Å². The Hall–Kier alpha value is -0.670. The molecule has 1 aromatic rings. The standard InChI is InChI=1S/C12H20N2S/c1-10(15-9-8-14(2)3)11-4-6-12(13)7-5-11/h4-7,10H,8-9,13H2,1-3H3. The fourth-order valence-electron chi connectivity index (χ4n) is 1.28. The van der Waals surface area contributed by atoms with E-state index in [9.17, 15) is 0 Å². The number of anilines is 1. The first-order valence-corrected chi connectivity index (χ1v) is 6.26. The SMILES string of the molecule is CC(SCCN(C)C)c1ccc(N)cc1. The molecule has 0 fully saturated rings. The van der Waals surface area contributed by atoms with Gasteiger partial charge in [-0.3, -0.25) is 0 Å². The largest absolute Gasteiger partial charge is 0.399 e. The van der Waals surface area contributed by atoms with E-state index < -0.39 is 0 Å². The number of benzene rings is 1. The molecule has 0 amide bonds. The molecule has 2 nitrogen and oxygen atoms in total. The second-order valence-corrected chi connectivity index (χ2v) is 5.43. The van der Waals surface area contributed by atoms with Crippen LogP contribution >= 0.6 is 11.8 Å². The van der Waals surface area contributed by atoms with Gasteiger partial charge in [0.15, 0.2) is 0 Å². The fourth-order valence-corrected chi connectivity index (χ4v) is 2.45. The lowest BCUT2D eigenvalue weighted by atomic mass is 10.1. The van der Waals surface area contributed by atoms with Gasteiger partial charge < -0.3 is 10.6 Å². The van der Waals surface area contributed by atoms with Crippen molar-refractivity contribution in [3.05, 3.63) is 29.8 Å². The molecule has 1 aromatic carbocycles. The van der Waals surface area contributed by atoms with E-state index in [1.54, 1.807) is 0 Å². The van der Waals surface area contributed by atoms with Crippen LogP contribution in [0.4, 0.5) is 5.69 Å². The Morgan fingerprint density at radius 3 is 2.40 bits per heavy atom. The Morgan fingerprint density at radius 2 is 1.87 bits per heavy atom. The second-order valence-electron chi connectivity index (χ2n) is 3.98. The highest BCUT2D eigenvalue weighted by molar-refractivity contribution is 7.99. The Bertz CT molecular complexity index is 282. The van der Waals surface area contributed by atoms with Gasteiger partial charge in [-0.1, -0.05) is 12.1 Å². The van der Waals surface area contributed by atoms with Crippen molar-refractivity contribution >= 4 is 17.4 Å². The van der Waals surface area contributed by atoms with Crippen LogP contribution in [0.15, 0.2) is 24.3 Å². The van der Waals surface area contributed by atoms with E-state index >= 15 is 0 Å². The molecule has 84 valence electrons. The molecule has 0 spiro atoms. The van der Waals surface area contributed by atoms with E-state index in [-0.39, 0.29) is 0 Å². The fraction of sp³-hybridized carbons (Fsp3) is 0.500. The zero-order chi connectivity index (χ0) is 11.3. The van der Waals surface area contributed by atoms with E-state index in [0.29, 0.717) is 5.25 Å². The van der Waals surface area contributed by atoms with Crippen LogP contribution in [0.25, 0.3) is 0 Å². The van der Waals surface area contributed by atoms with Gasteiger partial charge in [-0.05, 0) is 38.7 Å². The highest BCUT2D eigenvalue weighted by atomic mass is 32.2. The average molecular weight is 224 g/mol. The maximum absolute atomic E-state index is 5.65. The molecule has 0 aliphatic heterocycles. The monoisotopic (exact) mass is 224 g/mol. The Balaban J connectivity index is 2.40. The quantitative estimate of drug-likeness (QED) is 0.780. The van der Waals surface area contributed by atoms with Crippen LogP contribution in [0.3, 0.4) is 0 Å². The zero-order valence-corrected chi connectivity index (χ0v) is 10.6. The molecule has 0 heterocycles. The second kappa shape index (κ2) is 6.03. The third kappa shape index (κ3) is 4.58. The molecular formula is C12H20N2S. The number of thioether (sulfide) groups is 1. The third-order valence-electron chi connectivity index (χ3n) is 2.31. The van der Waals surface area contributed by atoms with Crippen molar-refractivity contribution in [3.8, 4) is 0 Å². The van der Waals surface area contributed by atoms with Gasteiger partial charge in [-0.2, -0.15) is 11.8 Å². The predicted octanol–water partition coefficient (Wildman–Crippen LogP) is 2.62. The van der Waals surface area contributed by atoms with Gasteiger partial charge in [-0.15, -0.1) is 0 Å². The Kier molecular flexibility index (Phi) is 4.99. The van der Waals surface area contributed by atoms with E-state index in [4.69, 9.17) is 5.73 Å². The van der Waals surface area contributed by atoms with Crippen LogP contribution in [0.1, 0.15) is 17.7 Å². The van der Waals surface area contributed by atoms with Crippen molar-refractivity contribution < 1.29 is 0 Å². The molecular weight excluding hydrogens is 204 g/mol. The topological polar surface area (TPSA) is 29.3 Å². The first-order chi connectivity index (χ1) is 7.09. The summed E-state index contributed by atoms with van der Waals surface area (Å²) in [6.45, 7) is 3.37. The van der Waals surface area contributed by atoms with Gasteiger partial charge in [0.1, 0.15) is 0 Å². The van der Waals surface area contributed by atoms with Crippen molar-refractivity contribution in [1.82, 2.24) is 4.90 Å². The van der Waals surface area contributed by atoms with E-state index in [0.717, 1.165) is 12.2 Å². The van der Waals surface area contributed by atoms with Crippen molar-refractivity contribution in [2.75, 3.05) is 32.1 Å². The molecule has 3 heteroatoms. The summed E-state index contributed by atoms with van der Waals surface area (Å²) >= 11 is 1.98. The predicted molar refractivity (Wildman–Crippen MR) is 70.3 cm³/mol. The van der Waals surface area contributed by atoms with Gasteiger partial charge in [0.25, 0.3) is 0 Å². The molecule has 0 aliphatic carbocycles. The molecule has 1 unspecified atom stereocenters. The zero-order valence-electron chi connectivity index (χ0n) is 9.73. The Morgan fingerprint density at radius 1 is 1.27 bits per heavy atom. The summed E-state index contributed by atoms with van der Waals surface area (Å²) in [5.74, 6) is 1.17. The minimum atomic E-state index is 0.547. The van der Waals surface area contributed by atoms with Crippen molar-refractivity contribution in [2.24, 2.45) is 0 Å². The van der Waals surface area contributed by atoms with Crippen molar-refractivity contribution in [3.63, 3.8) is 0 Å². The number of nitrogens with two attached hydrogens (primary N) is 1. The molecule has 0 bridgehead atoms. The minimum absolute atomic E-state index is 0.547. The maximum Gasteiger partial charge on any atom is 0.0314 e. The van der Waals surface area contributed by atoms with Crippen molar-refractivity contribution in [2.45, 2.75) is 12.2 Å². The van der Waals surface area contributed by atoms with Gasteiger partial charge in [0.2, 0.25) is 0 Å². The highest BCUT2D eigenvalue weighted by Crippen LogP contribution is 2.28. The average Bonchev–Trinajstić information content (AvgIpc) is 2.18. The highest BCUT2D eigenvalue weighted by Gasteiger charge is 2.05. The normalized spacial score (nSPS) is 13.1. The molecule has 0 radical (unpaired) electrons. The lowest BCUT2D eigenvalue weighted by Crippen LogP contribution is -2.15.